The fraction of sp³-hybridized carbons (Fsp3) is 0.786. The summed E-state index contributed by atoms with van der Waals surface area (Å²) in [5, 5.41) is 2.87. The molecule has 1 heterocycles. The fourth-order valence-corrected chi connectivity index (χ4v) is 2.46. The van der Waals surface area contributed by atoms with Gasteiger partial charge in [0.15, 0.2) is 0 Å². The molecule has 2 rings (SSSR count). The Hall–Kier alpha value is -1.43. The molecule has 1 saturated heterocycles. The predicted octanol–water partition coefficient (Wildman–Crippen LogP) is -0.366. The number of rotatable bonds is 6. The molecule has 6 heteroatoms. The van der Waals surface area contributed by atoms with Crippen molar-refractivity contribution in [1.29, 1.82) is 0 Å². The van der Waals surface area contributed by atoms with Crippen LogP contribution in [-0.4, -0.2) is 67.2 Å². The summed E-state index contributed by atoms with van der Waals surface area (Å²) >= 11 is 0. The molecule has 0 bridgehead atoms. The van der Waals surface area contributed by atoms with E-state index in [0.717, 1.165) is 38.5 Å². The van der Waals surface area contributed by atoms with E-state index >= 15 is 0 Å². The number of carbonyl (C=O) groups excluding carboxylic acids is 3. The van der Waals surface area contributed by atoms with Gasteiger partial charge in [-0.3, -0.25) is 14.5 Å². The molecule has 1 atom stereocenters. The molecule has 1 aliphatic carbocycles. The van der Waals surface area contributed by atoms with Crippen LogP contribution in [0.3, 0.4) is 0 Å². The van der Waals surface area contributed by atoms with Gasteiger partial charge in [0.2, 0.25) is 11.8 Å². The molecule has 0 aromatic heterocycles. The molecule has 1 aliphatic heterocycles. The van der Waals surface area contributed by atoms with Crippen molar-refractivity contribution in [1.82, 2.24) is 15.1 Å². The summed E-state index contributed by atoms with van der Waals surface area (Å²) in [5.74, 6) is -0.115. The van der Waals surface area contributed by atoms with E-state index in [9.17, 15) is 14.4 Å². The number of hydrogen-bond acceptors (Lipinski definition) is 4. The van der Waals surface area contributed by atoms with Gasteiger partial charge in [-0.05, 0) is 32.2 Å². The number of aldehydes is 1. The third-order valence-electron chi connectivity index (χ3n) is 3.84. The molecule has 2 aliphatic rings. The maximum atomic E-state index is 12.1. The number of amides is 2. The number of carbonyl (C=O) groups is 3. The minimum atomic E-state index is -0.0900. The van der Waals surface area contributed by atoms with E-state index in [1.807, 2.05) is 4.90 Å². The molecule has 1 saturated carbocycles. The molecule has 2 fully saturated rings. The number of hydrogen-bond donors (Lipinski definition) is 1. The second-order valence-electron chi connectivity index (χ2n) is 5.87. The van der Waals surface area contributed by atoms with Gasteiger partial charge < -0.3 is 15.0 Å². The normalized spacial score (nSPS) is 23.1. The van der Waals surface area contributed by atoms with Gasteiger partial charge >= 0.3 is 0 Å². The van der Waals surface area contributed by atoms with Crippen LogP contribution in [0.2, 0.25) is 0 Å². The zero-order valence-corrected chi connectivity index (χ0v) is 12.0. The molecule has 1 N–H and O–H groups in total. The summed E-state index contributed by atoms with van der Waals surface area (Å²) in [4.78, 5) is 38.0. The average molecular weight is 281 g/mol. The van der Waals surface area contributed by atoms with Crippen molar-refractivity contribution in [2.24, 2.45) is 5.92 Å². The maximum Gasteiger partial charge on any atom is 0.239 e. The van der Waals surface area contributed by atoms with Gasteiger partial charge in [0, 0.05) is 25.6 Å². The lowest BCUT2D eigenvalue weighted by molar-refractivity contribution is -0.136. The highest BCUT2D eigenvalue weighted by molar-refractivity contribution is 5.85. The van der Waals surface area contributed by atoms with Crippen molar-refractivity contribution in [2.75, 3.05) is 33.2 Å². The van der Waals surface area contributed by atoms with Crippen LogP contribution in [0.15, 0.2) is 0 Å². The summed E-state index contributed by atoms with van der Waals surface area (Å²) < 4.78 is 0. The van der Waals surface area contributed by atoms with Crippen LogP contribution in [0, 0.1) is 5.92 Å². The van der Waals surface area contributed by atoms with Gasteiger partial charge in [-0.1, -0.05) is 0 Å². The van der Waals surface area contributed by atoms with Crippen LogP contribution in [0.1, 0.15) is 25.7 Å². The van der Waals surface area contributed by atoms with Gasteiger partial charge in [-0.25, -0.2) is 0 Å². The Morgan fingerprint density at radius 3 is 2.75 bits per heavy atom. The second-order valence-corrected chi connectivity index (χ2v) is 5.87. The van der Waals surface area contributed by atoms with Crippen molar-refractivity contribution >= 4 is 18.1 Å². The van der Waals surface area contributed by atoms with E-state index in [-0.39, 0.29) is 30.8 Å². The molecule has 6 nitrogen and oxygen atoms in total. The van der Waals surface area contributed by atoms with Gasteiger partial charge in [0.05, 0.1) is 13.1 Å². The lowest BCUT2D eigenvalue weighted by Crippen LogP contribution is -2.46. The van der Waals surface area contributed by atoms with E-state index in [2.05, 4.69) is 5.32 Å². The standard InChI is InChI=1S/C14H23N3O3/c1-16(8-13(19)15-12-4-5-12)14(20)9-17-6-2-3-11(7-17)10-18/h10-12H,2-9H2,1H3,(H,15,19). The third kappa shape index (κ3) is 4.59. The largest absolute Gasteiger partial charge is 0.352 e. The van der Waals surface area contributed by atoms with E-state index in [1.165, 1.54) is 4.90 Å². The number of likely N-dealkylation sites (tertiary alicyclic amines) is 1. The van der Waals surface area contributed by atoms with E-state index in [4.69, 9.17) is 0 Å². The maximum absolute atomic E-state index is 12.1. The molecule has 20 heavy (non-hydrogen) atoms. The first-order chi connectivity index (χ1) is 9.58. The first-order valence-electron chi connectivity index (χ1n) is 7.29. The zero-order chi connectivity index (χ0) is 14.5. The highest BCUT2D eigenvalue weighted by atomic mass is 16.2. The molecule has 1 unspecified atom stereocenters. The summed E-state index contributed by atoms with van der Waals surface area (Å²) in [7, 11) is 1.65. The van der Waals surface area contributed by atoms with Crippen LogP contribution in [0.25, 0.3) is 0 Å². The minimum absolute atomic E-state index is 0.0417. The fourth-order valence-electron chi connectivity index (χ4n) is 2.46. The molecular formula is C14H23N3O3. The van der Waals surface area contributed by atoms with Crippen LogP contribution in [0.5, 0.6) is 0 Å². The second kappa shape index (κ2) is 6.83. The Kier molecular flexibility index (Phi) is 5.11. The topological polar surface area (TPSA) is 69.7 Å². The van der Waals surface area contributed by atoms with Gasteiger partial charge in [0.25, 0.3) is 0 Å². The molecule has 112 valence electrons. The van der Waals surface area contributed by atoms with Crippen LogP contribution in [-0.2, 0) is 14.4 Å². The Morgan fingerprint density at radius 2 is 2.10 bits per heavy atom. The minimum Gasteiger partial charge on any atom is -0.352 e. The molecule has 2 amide bonds. The Labute approximate surface area is 119 Å². The number of likely N-dealkylation sites (N-methyl/N-ethyl adjacent to an activating group) is 1. The summed E-state index contributed by atoms with van der Waals surface area (Å²) in [5.41, 5.74) is 0. The predicted molar refractivity (Wildman–Crippen MR) is 74.0 cm³/mol. The highest BCUT2D eigenvalue weighted by Crippen LogP contribution is 2.18. The molecule has 0 aromatic rings. The molecule has 0 aromatic carbocycles. The van der Waals surface area contributed by atoms with Crippen LogP contribution in [0.4, 0.5) is 0 Å². The SMILES string of the molecule is CN(CC(=O)NC1CC1)C(=O)CN1CCCC(C=O)C1. The van der Waals surface area contributed by atoms with Crippen molar-refractivity contribution in [2.45, 2.75) is 31.7 Å². The monoisotopic (exact) mass is 281 g/mol. The van der Waals surface area contributed by atoms with E-state index < -0.39 is 0 Å². The molecular weight excluding hydrogens is 258 g/mol. The van der Waals surface area contributed by atoms with Gasteiger partial charge in [0.1, 0.15) is 6.29 Å². The van der Waals surface area contributed by atoms with Crippen molar-refractivity contribution in [3.8, 4) is 0 Å². The van der Waals surface area contributed by atoms with Crippen molar-refractivity contribution < 1.29 is 14.4 Å². The summed E-state index contributed by atoms with van der Waals surface area (Å²) in [6.45, 7) is 1.90. The number of nitrogens with one attached hydrogen (secondary N) is 1. The Bertz CT molecular complexity index is 382. The quantitative estimate of drug-likeness (QED) is 0.675. The van der Waals surface area contributed by atoms with Crippen molar-refractivity contribution in [3.63, 3.8) is 0 Å². The zero-order valence-electron chi connectivity index (χ0n) is 12.0. The molecule has 0 radical (unpaired) electrons. The first-order valence-corrected chi connectivity index (χ1v) is 7.29. The lowest BCUT2D eigenvalue weighted by atomic mass is 10.00. The van der Waals surface area contributed by atoms with Gasteiger partial charge in [-0.15, -0.1) is 0 Å². The third-order valence-corrected chi connectivity index (χ3v) is 3.84. The average Bonchev–Trinajstić information content (AvgIpc) is 3.22. The lowest BCUT2D eigenvalue weighted by Gasteiger charge is -2.30. The molecule has 0 spiro atoms. The summed E-state index contributed by atoms with van der Waals surface area (Å²) in [6.07, 6.45) is 4.92. The number of piperidine rings is 1. The van der Waals surface area contributed by atoms with Crippen LogP contribution < -0.4 is 5.32 Å². The van der Waals surface area contributed by atoms with E-state index in [0.29, 0.717) is 12.6 Å². The Morgan fingerprint density at radius 1 is 1.35 bits per heavy atom. The van der Waals surface area contributed by atoms with Crippen molar-refractivity contribution in [3.05, 3.63) is 0 Å². The number of nitrogens with zero attached hydrogens (tertiary/aromatic N) is 2. The highest BCUT2D eigenvalue weighted by Gasteiger charge is 2.25. The summed E-state index contributed by atoms with van der Waals surface area (Å²) in [6, 6.07) is 0.321. The first kappa shape index (κ1) is 15.0. The van der Waals surface area contributed by atoms with Crippen LogP contribution >= 0.6 is 0 Å². The van der Waals surface area contributed by atoms with Gasteiger partial charge in [-0.2, -0.15) is 0 Å². The Balaban J connectivity index is 1.72. The smallest absolute Gasteiger partial charge is 0.239 e. The van der Waals surface area contributed by atoms with E-state index in [1.54, 1.807) is 7.05 Å².